The van der Waals surface area contributed by atoms with Gasteiger partial charge in [-0.2, -0.15) is 14.0 Å². The van der Waals surface area contributed by atoms with Crippen molar-refractivity contribution in [1.82, 2.24) is 0 Å². The monoisotopic (exact) mass is 322 g/mol. The van der Waals surface area contributed by atoms with Crippen LogP contribution in [0.15, 0.2) is 0 Å². The molecular formula is HCl3MgO12. The molecule has 0 aliphatic heterocycles. The summed E-state index contributed by atoms with van der Waals surface area (Å²) >= 11 is 0. The zero-order valence-corrected chi connectivity index (χ0v) is 10.5. The topological polar surface area (TPSA) is 274 Å². The fourth-order valence-corrected chi connectivity index (χ4v) is 0. The Bertz CT molecular complexity index is 91.3. The van der Waals surface area contributed by atoms with E-state index >= 15 is 0 Å². The first-order valence-corrected chi connectivity index (χ1v) is 5.60. The summed E-state index contributed by atoms with van der Waals surface area (Å²) < 4.78 is 101. The standard InChI is InChI=1S/3ClHO4.Mg/c3*2-1(3,4)5;/h3*(H,2,3,4,5);/q;;;+2/p-2. The zero-order chi connectivity index (χ0) is 13.5. The molecule has 0 heterocycles. The van der Waals surface area contributed by atoms with Crippen LogP contribution in [-0.2, 0) is 0 Å². The zero-order valence-electron chi connectivity index (χ0n) is 6.78. The molecule has 0 atom stereocenters. The van der Waals surface area contributed by atoms with E-state index in [9.17, 15) is 0 Å². The second-order valence-electron chi connectivity index (χ2n) is 1.15. The van der Waals surface area contributed by atoms with E-state index < -0.39 is 30.7 Å². The molecule has 0 aliphatic carbocycles. The summed E-state index contributed by atoms with van der Waals surface area (Å²) in [6.07, 6.45) is 0. The second kappa shape index (κ2) is 10.1. The van der Waals surface area contributed by atoms with Gasteiger partial charge in [0.2, 0.25) is 0 Å². The van der Waals surface area contributed by atoms with Gasteiger partial charge in [-0.3, -0.25) is 0 Å². The summed E-state index contributed by atoms with van der Waals surface area (Å²) in [5.41, 5.74) is 0. The van der Waals surface area contributed by atoms with Crippen LogP contribution < -0.4 is 51.2 Å². The molecule has 16 heteroatoms. The average molecular weight is 324 g/mol. The maximum absolute atomic E-state index is 8.60. The Labute approximate surface area is 110 Å². The Morgan fingerprint density at radius 1 is 0.500 bits per heavy atom. The van der Waals surface area contributed by atoms with Gasteiger partial charge in [0, 0.05) is 0 Å². The van der Waals surface area contributed by atoms with E-state index in [1.807, 2.05) is 0 Å². The van der Waals surface area contributed by atoms with E-state index in [0.717, 1.165) is 0 Å². The van der Waals surface area contributed by atoms with Crippen molar-refractivity contribution < 1.29 is 86.6 Å². The number of hydrogen-bond donors (Lipinski definition) is 1. The molecule has 96 valence electrons. The summed E-state index contributed by atoms with van der Waals surface area (Å²) in [7, 11) is -14.6. The van der Waals surface area contributed by atoms with E-state index in [4.69, 9.17) is 55.9 Å². The van der Waals surface area contributed by atoms with Gasteiger partial charge in [0.25, 0.3) is 0 Å². The van der Waals surface area contributed by atoms with Crippen molar-refractivity contribution in [1.29, 1.82) is 0 Å². The molecule has 0 amide bonds. The predicted octanol–water partition coefficient (Wildman–Crippen LogP) is -14.0. The Morgan fingerprint density at radius 2 is 0.500 bits per heavy atom. The molecule has 0 aliphatic rings. The van der Waals surface area contributed by atoms with E-state index in [2.05, 4.69) is 0 Å². The normalized spacial score (nSPS) is 11.2. The van der Waals surface area contributed by atoms with Gasteiger partial charge in [-0.05, 0) is 0 Å². The molecule has 0 rings (SSSR count). The maximum Gasteiger partial charge on any atom is 2.00 e. The van der Waals surface area contributed by atoms with E-state index in [-0.39, 0.29) is 23.1 Å². The molecule has 0 saturated carbocycles. The molecule has 0 aromatic carbocycles. The minimum absolute atomic E-state index is 0. The summed E-state index contributed by atoms with van der Waals surface area (Å²) in [6, 6.07) is 0. The third kappa shape index (κ3) is 2270. The number of hydrogen-bond acceptors (Lipinski definition) is 12. The summed E-state index contributed by atoms with van der Waals surface area (Å²) in [4.78, 5) is 0. The Morgan fingerprint density at radius 3 is 0.500 bits per heavy atom. The average Bonchev–Trinajstić information content (AvgIpc) is 1.41. The van der Waals surface area contributed by atoms with Gasteiger partial charge in [-0.15, -0.1) is 20.5 Å². The van der Waals surface area contributed by atoms with Gasteiger partial charge in [0.15, 0.2) is 0 Å². The van der Waals surface area contributed by atoms with Gasteiger partial charge in [-0.25, -0.2) is 37.3 Å². The smallest absolute Gasteiger partial charge is 0.222 e. The molecule has 0 radical (unpaired) electrons. The fourth-order valence-electron chi connectivity index (χ4n) is 0. The molecule has 1 N–H and O–H groups in total. The van der Waals surface area contributed by atoms with Crippen LogP contribution >= 0.6 is 0 Å². The van der Waals surface area contributed by atoms with Crippen molar-refractivity contribution >= 4 is 23.1 Å². The van der Waals surface area contributed by atoms with Gasteiger partial charge >= 0.3 is 23.1 Å². The molecule has 0 saturated heterocycles. The molecular weight excluding hydrogens is 323 g/mol. The molecule has 0 unspecified atom stereocenters. The molecule has 0 aromatic heterocycles. The van der Waals surface area contributed by atoms with E-state index in [0.29, 0.717) is 0 Å². The Balaban J connectivity index is -0.0000000655. The summed E-state index contributed by atoms with van der Waals surface area (Å²) in [6.45, 7) is 0. The van der Waals surface area contributed by atoms with Crippen molar-refractivity contribution in [3.05, 3.63) is 0 Å². The molecule has 0 spiro atoms. The minimum atomic E-state index is -4.94. The first-order chi connectivity index (χ1) is 6.00. The quantitative estimate of drug-likeness (QED) is 0.406. The van der Waals surface area contributed by atoms with Crippen molar-refractivity contribution in [2.45, 2.75) is 0 Å². The van der Waals surface area contributed by atoms with Gasteiger partial charge < -0.3 is 0 Å². The second-order valence-corrected chi connectivity index (χ2v) is 3.46. The number of rotatable bonds is 0. The maximum atomic E-state index is 8.60. The van der Waals surface area contributed by atoms with Crippen LogP contribution in [0.1, 0.15) is 0 Å². The van der Waals surface area contributed by atoms with Crippen LogP contribution in [0.3, 0.4) is 0 Å². The molecule has 12 nitrogen and oxygen atoms in total. The largest absolute Gasteiger partial charge is 2.00 e. The fraction of sp³-hybridized carbons (Fsp3) is 0. The summed E-state index contributed by atoms with van der Waals surface area (Å²) in [5.74, 6) is 0. The Kier molecular flexibility index (Phi) is 16.4. The van der Waals surface area contributed by atoms with Crippen molar-refractivity contribution in [3.63, 3.8) is 0 Å². The first-order valence-electron chi connectivity index (χ1n) is 1.87. The molecule has 16 heavy (non-hydrogen) atoms. The van der Waals surface area contributed by atoms with Crippen LogP contribution in [0.5, 0.6) is 0 Å². The van der Waals surface area contributed by atoms with Crippen LogP contribution in [-0.4, -0.2) is 27.7 Å². The third-order valence-electron chi connectivity index (χ3n) is 0. The predicted molar refractivity (Wildman–Crippen MR) is 7.97 cm³/mol. The molecule has 0 aromatic rings. The van der Waals surface area contributed by atoms with E-state index in [1.165, 1.54) is 0 Å². The van der Waals surface area contributed by atoms with Crippen molar-refractivity contribution in [2.75, 3.05) is 0 Å². The van der Waals surface area contributed by atoms with Crippen molar-refractivity contribution in [3.8, 4) is 0 Å². The van der Waals surface area contributed by atoms with Crippen molar-refractivity contribution in [2.24, 2.45) is 0 Å². The van der Waals surface area contributed by atoms with Crippen LogP contribution in [0.4, 0.5) is 0 Å². The Hall–Kier alpha value is 1.16. The van der Waals surface area contributed by atoms with Gasteiger partial charge in [0.05, 0.1) is 14.9 Å². The van der Waals surface area contributed by atoms with Gasteiger partial charge in [0.1, 0.15) is 0 Å². The van der Waals surface area contributed by atoms with Crippen LogP contribution in [0.25, 0.3) is 0 Å². The minimum Gasteiger partial charge on any atom is -0.222 e. The van der Waals surface area contributed by atoms with Crippen LogP contribution in [0, 0.1) is 30.7 Å². The summed E-state index contributed by atoms with van der Waals surface area (Å²) in [5, 5.41) is 0. The first kappa shape index (κ1) is 25.9. The van der Waals surface area contributed by atoms with Crippen LogP contribution in [0.2, 0.25) is 0 Å². The van der Waals surface area contributed by atoms with E-state index in [1.54, 1.807) is 0 Å². The molecule has 0 fully saturated rings. The molecule has 0 bridgehead atoms. The van der Waals surface area contributed by atoms with Gasteiger partial charge in [-0.1, -0.05) is 0 Å². The third-order valence-corrected chi connectivity index (χ3v) is 0. The SMILES string of the molecule is [Mg+2].[O-][Cl+3]([O-])([O-])O.[O-][Cl+3]([O-])([O-])[O-].[O-][Cl+3]([O-])([O-])[O-]. The number of halogens is 3.